The van der Waals surface area contributed by atoms with Crippen molar-refractivity contribution in [1.29, 1.82) is 0 Å². The number of anilines is 1. The highest BCUT2D eigenvalue weighted by Gasteiger charge is 2.80. The molecule has 6 heterocycles. The summed E-state index contributed by atoms with van der Waals surface area (Å²) >= 11 is 0. The average Bonchev–Trinajstić information content (AvgIpc) is 3.89. The number of carbonyl (C=O) groups is 3. The van der Waals surface area contributed by atoms with Crippen molar-refractivity contribution in [2.24, 2.45) is 17.1 Å². The third-order valence-electron chi connectivity index (χ3n) is 15.7. The number of aliphatic hydroxyl groups is 1. The first-order valence-electron chi connectivity index (χ1n) is 21.4. The number of methoxy groups -OCH3 is 3. The Morgan fingerprint density at radius 2 is 1.77 bits per heavy atom. The van der Waals surface area contributed by atoms with E-state index in [-0.39, 0.29) is 17.8 Å². The van der Waals surface area contributed by atoms with Gasteiger partial charge in [0, 0.05) is 96.5 Å². The number of ether oxygens (including phenoxy) is 4. The van der Waals surface area contributed by atoms with Crippen LogP contribution in [0.1, 0.15) is 75.3 Å². The first kappa shape index (κ1) is 40.9. The molecule has 2 bridgehead atoms. The number of nitrogens with zero attached hydrogens (tertiary/aromatic N) is 3. The van der Waals surface area contributed by atoms with Crippen LogP contribution in [-0.2, 0) is 45.8 Å². The quantitative estimate of drug-likeness (QED) is 0.178. The lowest BCUT2D eigenvalue weighted by Crippen LogP contribution is -2.81. The van der Waals surface area contributed by atoms with Gasteiger partial charge in [0.15, 0.2) is 6.10 Å². The fourth-order valence-corrected chi connectivity index (χ4v) is 13.6. The minimum Gasteiger partial charge on any atom is -0.496 e. The van der Waals surface area contributed by atoms with Crippen molar-refractivity contribution in [3.63, 3.8) is 0 Å². The van der Waals surface area contributed by atoms with Gasteiger partial charge in [0.2, 0.25) is 5.60 Å². The molecule has 322 valence electrons. The second kappa shape index (κ2) is 14.0. The van der Waals surface area contributed by atoms with Crippen LogP contribution in [0.15, 0.2) is 42.5 Å². The van der Waals surface area contributed by atoms with E-state index in [0.717, 1.165) is 17.5 Å². The van der Waals surface area contributed by atoms with Gasteiger partial charge in [-0.2, -0.15) is 0 Å². The summed E-state index contributed by atoms with van der Waals surface area (Å²) in [6.45, 7) is 8.75. The van der Waals surface area contributed by atoms with Crippen LogP contribution in [0.5, 0.6) is 5.75 Å². The van der Waals surface area contributed by atoms with E-state index in [1.807, 2.05) is 37.1 Å². The number of halogens is 1. The van der Waals surface area contributed by atoms with Crippen molar-refractivity contribution in [2.45, 2.75) is 99.5 Å². The van der Waals surface area contributed by atoms with Crippen molar-refractivity contribution >= 4 is 34.5 Å². The van der Waals surface area contributed by atoms with Gasteiger partial charge >= 0.3 is 17.9 Å². The fourth-order valence-electron chi connectivity index (χ4n) is 13.6. The van der Waals surface area contributed by atoms with E-state index in [0.29, 0.717) is 98.4 Å². The molecule has 3 fully saturated rings. The molecule has 2 aromatic carbocycles. The maximum absolute atomic E-state index is 15.3. The lowest BCUT2D eigenvalue weighted by atomic mass is 9.47. The Hall–Kier alpha value is -4.50. The SMILES string of the molecule is CC[C@]1(N)C[C@@H]2CN(CCc3c([nH]c4ccc(F)cc34)[C@@](C(=O)OC)(c3cc4c(cc3OC)N(C)[C@H]3[C@@](O)(C(=O)OC)[C@H](OC(C)=O)[C@]5(CC)C=CCN6CC[C@]43[C@@H]65)C2)C1. The molecule has 6 aliphatic rings. The molecule has 5 aliphatic heterocycles. The van der Waals surface area contributed by atoms with Crippen molar-refractivity contribution in [3.05, 3.63) is 70.7 Å². The van der Waals surface area contributed by atoms with Crippen molar-refractivity contribution in [1.82, 2.24) is 14.8 Å². The molecule has 10 atom stereocenters. The van der Waals surface area contributed by atoms with Gasteiger partial charge in [-0.1, -0.05) is 26.0 Å². The third kappa shape index (κ3) is 5.26. The number of nitrogens with two attached hydrogens (primary N) is 1. The van der Waals surface area contributed by atoms with Crippen molar-refractivity contribution in [3.8, 4) is 5.75 Å². The fraction of sp³-hybridized carbons (Fsp3) is 0.587. The number of carbonyl (C=O) groups excluding carboxylic acids is 3. The molecular weight excluding hydrogens is 770 g/mol. The van der Waals surface area contributed by atoms with Gasteiger partial charge in [-0.15, -0.1) is 0 Å². The normalized spacial score (nSPS) is 36.6. The summed E-state index contributed by atoms with van der Waals surface area (Å²) in [5, 5.41) is 14.0. The van der Waals surface area contributed by atoms with Crippen LogP contribution in [0.2, 0.25) is 0 Å². The molecule has 9 rings (SSSR count). The van der Waals surface area contributed by atoms with Gasteiger partial charge in [-0.05, 0) is 86.4 Å². The van der Waals surface area contributed by atoms with Crippen molar-refractivity contribution < 1.29 is 42.8 Å². The molecule has 3 aromatic rings. The largest absolute Gasteiger partial charge is 0.496 e. The summed E-state index contributed by atoms with van der Waals surface area (Å²) < 4.78 is 39.1. The van der Waals surface area contributed by atoms with Gasteiger partial charge in [-0.3, -0.25) is 14.5 Å². The number of fused-ring (bicyclic) bond motifs is 6. The maximum atomic E-state index is 15.3. The Kier molecular flexibility index (Phi) is 9.55. The molecule has 13 nitrogen and oxygen atoms in total. The van der Waals surface area contributed by atoms with E-state index in [1.54, 1.807) is 13.2 Å². The van der Waals surface area contributed by atoms with Crippen LogP contribution in [0.4, 0.5) is 10.1 Å². The van der Waals surface area contributed by atoms with Gasteiger partial charge < -0.3 is 44.6 Å². The molecule has 1 unspecified atom stereocenters. The van der Waals surface area contributed by atoms with E-state index < -0.39 is 57.4 Å². The second-order valence-corrected chi connectivity index (χ2v) is 18.5. The molecule has 0 amide bonds. The lowest BCUT2D eigenvalue weighted by Gasteiger charge is -2.63. The van der Waals surface area contributed by atoms with E-state index in [4.69, 9.17) is 24.7 Å². The Labute approximate surface area is 350 Å². The molecule has 1 aliphatic carbocycles. The zero-order valence-corrected chi connectivity index (χ0v) is 35.7. The number of piperidine rings is 1. The highest BCUT2D eigenvalue weighted by atomic mass is 19.1. The van der Waals surface area contributed by atoms with Crippen LogP contribution in [0.3, 0.4) is 0 Å². The van der Waals surface area contributed by atoms with Crippen molar-refractivity contribution in [2.75, 3.05) is 66.0 Å². The van der Waals surface area contributed by atoms with E-state index in [2.05, 4.69) is 27.8 Å². The lowest BCUT2D eigenvalue weighted by molar-refractivity contribution is -0.228. The Morgan fingerprint density at radius 1 is 1.00 bits per heavy atom. The van der Waals surface area contributed by atoms with Crippen LogP contribution in [-0.4, -0.2) is 128 Å². The highest BCUT2D eigenvalue weighted by molar-refractivity contribution is 5.95. The zero-order valence-electron chi connectivity index (χ0n) is 35.7. The molecule has 60 heavy (non-hydrogen) atoms. The summed E-state index contributed by atoms with van der Waals surface area (Å²) in [5.41, 5.74) is 5.17. The van der Waals surface area contributed by atoms with E-state index in [1.165, 1.54) is 33.3 Å². The third-order valence-corrected chi connectivity index (χ3v) is 15.7. The predicted octanol–water partition coefficient (Wildman–Crippen LogP) is 4.10. The number of nitrogens with one attached hydrogen (secondary N) is 1. The molecule has 2 saturated heterocycles. The summed E-state index contributed by atoms with van der Waals surface area (Å²) in [5.74, 6) is -2.02. The minimum absolute atomic E-state index is 0.0507. The molecule has 0 radical (unpaired) electrons. The minimum atomic E-state index is -2.32. The summed E-state index contributed by atoms with van der Waals surface area (Å²) in [7, 11) is 6.06. The number of hydrogen-bond acceptors (Lipinski definition) is 12. The van der Waals surface area contributed by atoms with E-state index >= 15 is 9.18 Å². The van der Waals surface area contributed by atoms with E-state index in [9.17, 15) is 14.7 Å². The maximum Gasteiger partial charge on any atom is 0.344 e. The van der Waals surface area contributed by atoms with Crippen LogP contribution in [0.25, 0.3) is 10.9 Å². The summed E-state index contributed by atoms with van der Waals surface area (Å²) in [6.07, 6.45) is 6.05. The number of aromatic nitrogens is 1. The number of rotatable bonds is 7. The average molecular weight is 828 g/mol. The monoisotopic (exact) mass is 827 g/mol. The molecule has 4 N–H and O–H groups in total. The van der Waals surface area contributed by atoms with Gasteiger partial charge in [-0.25, -0.2) is 9.18 Å². The molecular formula is C46H58FN5O8. The second-order valence-electron chi connectivity index (χ2n) is 18.5. The van der Waals surface area contributed by atoms with Crippen LogP contribution < -0.4 is 15.4 Å². The number of benzene rings is 2. The van der Waals surface area contributed by atoms with Gasteiger partial charge in [0.1, 0.15) is 17.0 Å². The smallest absolute Gasteiger partial charge is 0.344 e. The number of H-pyrrole nitrogens is 1. The predicted molar refractivity (Wildman–Crippen MR) is 222 cm³/mol. The Balaban J connectivity index is 1.37. The molecule has 1 saturated carbocycles. The molecule has 1 spiro atoms. The number of aromatic amines is 1. The summed E-state index contributed by atoms with van der Waals surface area (Å²) in [6, 6.07) is 7.37. The number of likely N-dealkylation sites (N-methyl/N-ethyl adjacent to an activating group) is 1. The Bertz CT molecular complexity index is 2320. The van der Waals surface area contributed by atoms with Crippen LogP contribution in [0, 0.1) is 17.2 Å². The summed E-state index contributed by atoms with van der Waals surface area (Å²) in [4.78, 5) is 53.1. The first-order chi connectivity index (χ1) is 28.6. The first-order valence-corrected chi connectivity index (χ1v) is 21.4. The topological polar surface area (TPSA) is 160 Å². The van der Waals surface area contributed by atoms with Gasteiger partial charge in [0.05, 0.1) is 27.4 Å². The number of esters is 3. The number of hydrogen-bond donors (Lipinski definition) is 3. The highest BCUT2D eigenvalue weighted by Crippen LogP contribution is 2.68. The molecule has 14 heteroatoms. The Morgan fingerprint density at radius 3 is 2.45 bits per heavy atom. The zero-order chi connectivity index (χ0) is 42.7. The van der Waals surface area contributed by atoms with Crippen LogP contribution >= 0.6 is 0 Å². The standard InChI is InChI=1S/C46H58FN5O8/c1-8-42(48)22-27-23-45(40(54)58-6,36-29(13-17-51(24-27)25-42)30-19-28(47)11-12-33(30)49-36)32-20-31-34(21-35(32)57-5)50(4)38-44(31)15-18-52-16-10-14-43(9-2,37(44)52)39(60-26(3)53)46(38,56)41(55)59-7/h10-12,14,19-21,27,37-39,49,56H,8-9,13,15-18,22-25,48H2,1-7H3/t27-,37-,38+,39+,42-,43+,44+,45-,46-/m0/s1. The van der Waals surface area contributed by atoms with Gasteiger partial charge in [0.25, 0.3) is 0 Å². The molecule has 1 aromatic heterocycles.